The average molecular weight is 325 g/mol. The number of benzene rings is 1. The van der Waals surface area contributed by atoms with Crippen molar-refractivity contribution in [2.45, 2.75) is 26.9 Å². The summed E-state index contributed by atoms with van der Waals surface area (Å²) in [5.74, 6) is -0.114. The lowest BCUT2D eigenvalue weighted by Crippen LogP contribution is -2.03. The van der Waals surface area contributed by atoms with Gasteiger partial charge in [-0.2, -0.15) is 0 Å². The molecule has 0 bridgehead atoms. The van der Waals surface area contributed by atoms with Crippen molar-refractivity contribution < 1.29 is 13.9 Å². The summed E-state index contributed by atoms with van der Waals surface area (Å²) in [6, 6.07) is 5.29. The van der Waals surface area contributed by atoms with Crippen LogP contribution in [0.15, 0.2) is 40.3 Å². The number of carbonyl (C=O) groups is 1. The molecule has 7 heteroatoms. The van der Waals surface area contributed by atoms with Crippen LogP contribution < -0.4 is 4.74 Å². The first-order valence-electron chi connectivity index (χ1n) is 7.35. The topological polar surface area (TPSA) is 94.7 Å². The molecule has 0 unspecified atom stereocenters. The second-order valence-corrected chi connectivity index (χ2v) is 5.41. The highest BCUT2D eigenvalue weighted by atomic mass is 16.5. The molecule has 3 aromatic rings. The number of carbonyl (C=O) groups excluding carboxylic acids is 1. The van der Waals surface area contributed by atoms with E-state index in [4.69, 9.17) is 9.15 Å². The van der Waals surface area contributed by atoms with Crippen LogP contribution in [-0.4, -0.2) is 15.9 Å². The third kappa shape index (κ3) is 3.29. The minimum atomic E-state index is -0.730. The van der Waals surface area contributed by atoms with Crippen LogP contribution in [0.25, 0.3) is 11.0 Å². The second kappa shape index (κ2) is 6.57. The molecule has 2 aromatic heterocycles. The highest BCUT2D eigenvalue weighted by Gasteiger charge is 2.12. The van der Waals surface area contributed by atoms with E-state index in [1.54, 1.807) is 24.4 Å². The van der Waals surface area contributed by atoms with Crippen molar-refractivity contribution in [3.63, 3.8) is 0 Å². The number of furan rings is 1. The Hall–Kier alpha value is -3.09. The van der Waals surface area contributed by atoms with E-state index in [0.717, 1.165) is 22.5 Å². The van der Waals surface area contributed by atoms with Crippen LogP contribution in [0.5, 0.6) is 5.75 Å². The van der Waals surface area contributed by atoms with Crippen LogP contribution in [0.1, 0.15) is 22.6 Å². The van der Waals surface area contributed by atoms with Crippen molar-refractivity contribution in [3.05, 3.63) is 58.2 Å². The Morgan fingerprint density at radius 2 is 2.17 bits per heavy atom. The number of hydrogen-bond acceptors (Lipinski definition) is 6. The SMILES string of the molecule is Cc1cnc(COc2ccc3c(CC(=O)N=O)coc3c2)c(C)n1. The molecule has 0 spiro atoms. The van der Waals surface area contributed by atoms with Crippen LogP contribution in [0.2, 0.25) is 0 Å². The molecule has 1 aromatic carbocycles. The van der Waals surface area contributed by atoms with Crippen LogP contribution >= 0.6 is 0 Å². The van der Waals surface area contributed by atoms with E-state index in [2.05, 4.69) is 15.1 Å². The van der Waals surface area contributed by atoms with Gasteiger partial charge in [-0.3, -0.25) is 14.8 Å². The zero-order valence-electron chi connectivity index (χ0n) is 13.3. The Morgan fingerprint density at radius 1 is 1.33 bits per heavy atom. The summed E-state index contributed by atoms with van der Waals surface area (Å²) in [6.45, 7) is 4.07. The smallest absolute Gasteiger partial charge is 0.290 e. The van der Waals surface area contributed by atoms with Crippen molar-refractivity contribution in [2.75, 3.05) is 0 Å². The largest absolute Gasteiger partial charge is 0.487 e. The van der Waals surface area contributed by atoms with E-state index in [1.807, 2.05) is 13.8 Å². The van der Waals surface area contributed by atoms with Gasteiger partial charge in [0, 0.05) is 28.4 Å². The van der Waals surface area contributed by atoms with E-state index in [1.165, 1.54) is 6.26 Å². The summed E-state index contributed by atoms with van der Waals surface area (Å²) < 4.78 is 11.2. The van der Waals surface area contributed by atoms with Gasteiger partial charge in [0.05, 0.1) is 29.8 Å². The maximum absolute atomic E-state index is 11.1. The Morgan fingerprint density at radius 3 is 2.92 bits per heavy atom. The monoisotopic (exact) mass is 325 g/mol. The molecule has 2 heterocycles. The van der Waals surface area contributed by atoms with Crippen LogP contribution in [0.3, 0.4) is 0 Å². The fraction of sp³-hybridized carbons (Fsp3) is 0.235. The van der Waals surface area contributed by atoms with Gasteiger partial charge in [-0.05, 0) is 26.0 Å². The quantitative estimate of drug-likeness (QED) is 0.668. The standard InChI is InChI=1S/C17H15N3O4/c1-10-7-18-15(11(2)19-10)9-23-13-3-4-14-12(5-17(21)20-22)8-24-16(14)6-13/h3-4,6-8H,5,9H2,1-2H3. The summed E-state index contributed by atoms with van der Waals surface area (Å²) in [4.78, 5) is 30.0. The van der Waals surface area contributed by atoms with Gasteiger partial charge in [-0.1, -0.05) is 0 Å². The molecule has 0 atom stereocenters. The van der Waals surface area contributed by atoms with E-state index < -0.39 is 5.91 Å². The molecule has 122 valence electrons. The van der Waals surface area contributed by atoms with Crippen molar-refractivity contribution in [2.24, 2.45) is 5.18 Å². The van der Waals surface area contributed by atoms with Crippen LogP contribution in [0, 0.1) is 18.8 Å². The first kappa shape index (κ1) is 15.8. The van der Waals surface area contributed by atoms with E-state index >= 15 is 0 Å². The third-order valence-electron chi connectivity index (χ3n) is 3.62. The number of aryl methyl sites for hydroxylation is 2. The molecule has 1 amide bonds. The summed E-state index contributed by atoms with van der Waals surface area (Å²) >= 11 is 0. The summed E-state index contributed by atoms with van der Waals surface area (Å²) in [5.41, 5.74) is 3.66. The molecule has 0 fully saturated rings. The molecule has 3 rings (SSSR count). The lowest BCUT2D eigenvalue weighted by atomic mass is 10.1. The van der Waals surface area contributed by atoms with Crippen molar-refractivity contribution in [3.8, 4) is 5.75 Å². The number of aromatic nitrogens is 2. The second-order valence-electron chi connectivity index (χ2n) is 5.41. The Balaban J connectivity index is 1.76. The van der Waals surface area contributed by atoms with E-state index in [0.29, 0.717) is 23.5 Å². The van der Waals surface area contributed by atoms with Gasteiger partial charge < -0.3 is 9.15 Å². The normalized spacial score (nSPS) is 10.8. The number of rotatable bonds is 5. The van der Waals surface area contributed by atoms with Gasteiger partial charge in [-0.15, -0.1) is 4.91 Å². The zero-order chi connectivity index (χ0) is 17.1. The number of ether oxygens (including phenoxy) is 1. The maximum atomic E-state index is 11.1. The highest BCUT2D eigenvalue weighted by molar-refractivity contribution is 5.88. The third-order valence-corrected chi connectivity index (χ3v) is 3.62. The minimum absolute atomic E-state index is 0.0745. The predicted octanol–water partition coefficient (Wildman–Crippen LogP) is 3.25. The maximum Gasteiger partial charge on any atom is 0.290 e. The van der Waals surface area contributed by atoms with Crippen LogP contribution in [0.4, 0.5) is 0 Å². The summed E-state index contributed by atoms with van der Waals surface area (Å²) in [6.07, 6.45) is 3.08. The molecule has 0 saturated carbocycles. The predicted molar refractivity (Wildman–Crippen MR) is 86.6 cm³/mol. The fourth-order valence-corrected chi connectivity index (χ4v) is 2.40. The van der Waals surface area contributed by atoms with Gasteiger partial charge in [0.15, 0.2) is 0 Å². The molecule has 7 nitrogen and oxygen atoms in total. The molecular weight excluding hydrogens is 310 g/mol. The molecular formula is C17H15N3O4. The van der Waals surface area contributed by atoms with Gasteiger partial charge >= 0.3 is 0 Å². The highest BCUT2D eigenvalue weighted by Crippen LogP contribution is 2.26. The zero-order valence-corrected chi connectivity index (χ0v) is 13.3. The number of amides is 1. The average Bonchev–Trinajstić information content (AvgIpc) is 2.96. The molecule has 24 heavy (non-hydrogen) atoms. The minimum Gasteiger partial charge on any atom is -0.487 e. The Kier molecular flexibility index (Phi) is 4.33. The molecule has 0 aliphatic heterocycles. The van der Waals surface area contributed by atoms with Gasteiger partial charge in [0.2, 0.25) is 0 Å². The number of nitroso groups, excluding NO2 is 1. The summed E-state index contributed by atoms with van der Waals surface area (Å²) in [7, 11) is 0. The number of hydrogen-bond donors (Lipinski definition) is 0. The molecule has 0 N–H and O–H groups in total. The van der Waals surface area contributed by atoms with E-state index in [9.17, 15) is 9.70 Å². The lowest BCUT2D eigenvalue weighted by molar-refractivity contribution is -0.117. The molecule has 0 aliphatic carbocycles. The van der Waals surface area contributed by atoms with E-state index in [-0.39, 0.29) is 6.42 Å². The van der Waals surface area contributed by atoms with Gasteiger partial charge in [-0.25, -0.2) is 0 Å². The first-order valence-corrected chi connectivity index (χ1v) is 7.35. The molecule has 0 radical (unpaired) electrons. The number of nitrogens with zero attached hydrogens (tertiary/aromatic N) is 3. The lowest BCUT2D eigenvalue weighted by Gasteiger charge is -2.08. The van der Waals surface area contributed by atoms with Gasteiger partial charge in [0.1, 0.15) is 17.9 Å². The Bertz CT molecular complexity index is 917. The first-order chi connectivity index (χ1) is 11.6. The van der Waals surface area contributed by atoms with Crippen LogP contribution in [-0.2, 0) is 17.8 Å². The fourth-order valence-electron chi connectivity index (χ4n) is 2.40. The van der Waals surface area contributed by atoms with Crippen molar-refractivity contribution >= 4 is 16.9 Å². The van der Waals surface area contributed by atoms with Gasteiger partial charge in [0.25, 0.3) is 5.91 Å². The Labute approximate surface area is 137 Å². The number of fused-ring (bicyclic) bond motifs is 1. The molecule has 0 saturated heterocycles. The van der Waals surface area contributed by atoms with Crippen molar-refractivity contribution in [1.29, 1.82) is 0 Å². The summed E-state index contributed by atoms with van der Waals surface area (Å²) in [5, 5.41) is 3.15. The molecule has 0 aliphatic rings. The van der Waals surface area contributed by atoms with Crippen molar-refractivity contribution in [1.82, 2.24) is 9.97 Å².